The Balaban J connectivity index is 2.33. The predicted molar refractivity (Wildman–Crippen MR) is 69.6 cm³/mol. The van der Waals surface area contributed by atoms with E-state index in [2.05, 4.69) is 21.7 Å². The summed E-state index contributed by atoms with van der Waals surface area (Å²) < 4.78 is 1.18. The minimum absolute atomic E-state index is 0.621. The lowest BCUT2D eigenvalue weighted by Crippen LogP contribution is -2.23. The number of aryl methyl sites for hydroxylation is 1. The standard InChI is InChI=1S/C10H11N3S2/c1-6-12-8-4-3-7(5-9(8)15-6)13-10(14)11-2/h3-5H,1-2H3,(H2,11,13,14). The van der Waals surface area contributed by atoms with Gasteiger partial charge in [0.1, 0.15) is 0 Å². The van der Waals surface area contributed by atoms with Crippen molar-refractivity contribution in [2.45, 2.75) is 6.92 Å². The van der Waals surface area contributed by atoms with E-state index in [4.69, 9.17) is 12.2 Å². The normalized spacial score (nSPS) is 10.3. The molecule has 0 radical (unpaired) electrons. The van der Waals surface area contributed by atoms with Gasteiger partial charge in [-0.3, -0.25) is 0 Å². The van der Waals surface area contributed by atoms with E-state index in [1.807, 2.05) is 19.1 Å². The van der Waals surface area contributed by atoms with Crippen molar-refractivity contribution in [3.63, 3.8) is 0 Å². The highest BCUT2D eigenvalue weighted by atomic mass is 32.1. The lowest BCUT2D eigenvalue weighted by atomic mass is 10.3. The average Bonchev–Trinajstić information content (AvgIpc) is 2.57. The smallest absolute Gasteiger partial charge is 0.170 e. The quantitative estimate of drug-likeness (QED) is 0.747. The van der Waals surface area contributed by atoms with Gasteiger partial charge >= 0.3 is 0 Å². The van der Waals surface area contributed by atoms with Crippen LogP contribution in [0.1, 0.15) is 5.01 Å². The van der Waals surface area contributed by atoms with Crippen LogP contribution in [0.3, 0.4) is 0 Å². The Morgan fingerprint density at radius 3 is 3.00 bits per heavy atom. The first-order chi connectivity index (χ1) is 7.19. The summed E-state index contributed by atoms with van der Waals surface area (Å²) in [4.78, 5) is 4.40. The van der Waals surface area contributed by atoms with E-state index in [0.717, 1.165) is 16.2 Å². The highest BCUT2D eigenvalue weighted by Crippen LogP contribution is 2.24. The summed E-state index contributed by atoms with van der Waals surface area (Å²) in [6.45, 7) is 2.01. The fourth-order valence-electron chi connectivity index (χ4n) is 1.31. The molecule has 0 fully saturated rings. The van der Waals surface area contributed by atoms with Crippen molar-refractivity contribution in [2.75, 3.05) is 12.4 Å². The maximum absolute atomic E-state index is 5.03. The number of fused-ring (bicyclic) bond motifs is 1. The second kappa shape index (κ2) is 4.12. The van der Waals surface area contributed by atoms with E-state index >= 15 is 0 Å². The predicted octanol–water partition coefficient (Wildman–Crippen LogP) is 2.52. The molecule has 0 aliphatic carbocycles. The number of aromatic nitrogens is 1. The molecule has 1 aromatic carbocycles. The molecule has 0 saturated heterocycles. The number of hydrogen-bond donors (Lipinski definition) is 2. The third-order valence-electron chi connectivity index (χ3n) is 1.98. The van der Waals surface area contributed by atoms with Crippen LogP contribution >= 0.6 is 23.6 Å². The van der Waals surface area contributed by atoms with Gasteiger partial charge in [-0.05, 0) is 37.3 Å². The van der Waals surface area contributed by atoms with E-state index in [9.17, 15) is 0 Å². The van der Waals surface area contributed by atoms with Crippen LogP contribution in [0.15, 0.2) is 18.2 Å². The van der Waals surface area contributed by atoms with Gasteiger partial charge in [-0.1, -0.05) is 0 Å². The van der Waals surface area contributed by atoms with Gasteiger partial charge < -0.3 is 10.6 Å². The minimum Gasteiger partial charge on any atom is -0.366 e. The Morgan fingerprint density at radius 2 is 2.27 bits per heavy atom. The molecule has 1 heterocycles. The fraction of sp³-hybridized carbons (Fsp3) is 0.200. The summed E-state index contributed by atoms with van der Waals surface area (Å²) >= 11 is 6.72. The van der Waals surface area contributed by atoms with Crippen molar-refractivity contribution in [1.82, 2.24) is 10.3 Å². The largest absolute Gasteiger partial charge is 0.366 e. The summed E-state index contributed by atoms with van der Waals surface area (Å²) in [6.07, 6.45) is 0. The van der Waals surface area contributed by atoms with Crippen molar-refractivity contribution < 1.29 is 0 Å². The summed E-state index contributed by atoms with van der Waals surface area (Å²) in [7, 11) is 1.80. The van der Waals surface area contributed by atoms with Crippen LogP contribution in [0.5, 0.6) is 0 Å². The fourth-order valence-corrected chi connectivity index (χ4v) is 2.30. The molecule has 5 heteroatoms. The van der Waals surface area contributed by atoms with Gasteiger partial charge in [0.25, 0.3) is 0 Å². The highest BCUT2D eigenvalue weighted by Gasteiger charge is 2.02. The maximum atomic E-state index is 5.03. The molecule has 0 saturated carbocycles. The van der Waals surface area contributed by atoms with Crippen LogP contribution in [-0.4, -0.2) is 17.1 Å². The zero-order valence-electron chi connectivity index (χ0n) is 8.50. The Hall–Kier alpha value is -1.20. The van der Waals surface area contributed by atoms with Crippen molar-refractivity contribution in [3.05, 3.63) is 23.2 Å². The minimum atomic E-state index is 0.621. The van der Waals surface area contributed by atoms with Crippen LogP contribution in [0, 0.1) is 6.92 Å². The lowest BCUT2D eigenvalue weighted by Gasteiger charge is -2.06. The molecule has 0 spiro atoms. The molecule has 78 valence electrons. The number of thiazole rings is 1. The van der Waals surface area contributed by atoms with Crippen molar-refractivity contribution >= 4 is 44.6 Å². The SMILES string of the molecule is CNC(=S)Nc1ccc2nc(C)sc2c1. The van der Waals surface area contributed by atoms with Crippen molar-refractivity contribution in [3.8, 4) is 0 Å². The molecular weight excluding hydrogens is 226 g/mol. The molecule has 3 nitrogen and oxygen atoms in total. The number of nitrogens with zero attached hydrogens (tertiary/aromatic N) is 1. The second-order valence-corrected chi connectivity index (χ2v) is 4.76. The molecule has 0 unspecified atom stereocenters. The summed E-state index contributed by atoms with van der Waals surface area (Å²) in [5, 5.41) is 7.67. The number of benzene rings is 1. The Bertz CT molecular complexity index is 504. The molecule has 2 N–H and O–H groups in total. The number of hydrogen-bond acceptors (Lipinski definition) is 3. The summed E-state index contributed by atoms with van der Waals surface area (Å²) in [5.41, 5.74) is 2.03. The van der Waals surface area contributed by atoms with Gasteiger partial charge in [0.05, 0.1) is 15.2 Å². The van der Waals surface area contributed by atoms with E-state index in [1.165, 1.54) is 4.70 Å². The molecule has 0 atom stereocenters. The van der Waals surface area contributed by atoms with E-state index in [1.54, 1.807) is 18.4 Å². The van der Waals surface area contributed by atoms with Gasteiger partial charge in [0, 0.05) is 12.7 Å². The number of rotatable bonds is 1. The number of nitrogens with one attached hydrogen (secondary N) is 2. The van der Waals surface area contributed by atoms with Gasteiger partial charge in [0.15, 0.2) is 5.11 Å². The van der Waals surface area contributed by atoms with Gasteiger partial charge in [-0.25, -0.2) is 4.98 Å². The third kappa shape index (κ3) is 2.24. The van der Waals surface area contributed by atoms with Crippen molar-refractivity contribution in [2.24, 2.45) is 0 Å². The van der Waals surface area contributed by atoms with Gasteiger partial charge in [-0.2, -0.15) is 0 Å². The highest BCUT2D eigenvalue weighted by molar-refractivity contribution is 7.80. The van der Waals surface area contributed by atoms with E-state index < -0.39 is 0 Å². The molecule has 0 bridgehead atoms. The zero-order chi connectivity index (χ0) is 10.8. The molecule has 1 aromatic heterocycles. The number of thiocarbonyl (C=S) groups is 1. The average molecular weight is 237 g/mol. The third-order valence-corrected chi connectivity index (χ3v) is 3.22. The Labute approximate surface area is 97.5 Å². The molecule has 2 rings (SSSR count). The first kappa shape index (κ1) is 10.3. The van der Waals surface area contributed by atoms with Crippen LogP contribution in [-0.2, 0) is 0 Å². The first-order valence-electron chi connectivity index (χ1n) is 4.55. The topological polar surface area (TPSA) is 37.0 Å². The van der Waals surface area contributed by atoms with Gasteiger partial charge in [0.2, 0.25) is 0 Å². The molecule has 2 aromatic rings. The second-order valence-electron chi connectivity index (χ2n) is 3.12. The molecule has 0 aliphatic rings. The van der Waals surface area contributed by atoms with Crippen LogP contribution in [0.4, 0.5) is 5.69 Å². The van der Waals surface area contributed by atoms with Crippen molar-refractivity contribution in [1.29, 1.82) is 0 Å². The van der Waals surface area contributed by atoms with Gasteiger partial charge in [-0.15, -0.1) is 11.3 Å². The van der Waals surface area contributed by atoms with Crippen LogP contribution in [0.2, 0.25) is 0 Å². The Kier molecular flexibility index (Phi) is 2.83. The first-order valence-corrected chi connectivity index (χ1v) is 5.77. The number of anilines is 1. The monoisotopic (exact) mass is 237 g/mol. The molecule has 0 aliphatic heterocycles. The van der Waals surface area contributed by atoms with E-state index in [0.29, 0.717) is 5.11 Å². The Morgan fingerprint density at radius 1 is 1.47 bits per heavy atom. The summed E-state index contributed by atoms with van der Waals surface area (Å²) in [6, 6.07) is 6.04. The molecule has 0 amide bonds. The summed E-state index contributed by atoms with van der Waals surface area (Å²) in [5.74, 6) is 0. The zero-order valence-corrected chi connectivity index (χ0v) is 10.1. The van der Waals surface area contributed by atoms with Crippen LogP contribution in [0.25, 0.3) is 10.2 Å². The van der Waals surface area contributed by atoms with E-state index in [-0.39, 0.29) is 0 Å². The van der Waals surface area contributed by atoms with Crippen LogP contribution < -0.4 is 10.6 Å². The molecule has 15 heavy (non-hydrogen) atoms. The maximum Gasteiger partial charge on any atom is 0.170 e. The lowest BCUT2D eigenvalue weighted by molar-refractivity contribution is 1.20. The molecular formula is C10H11N3S2.